The third-order valence-electron chi connectivity index (χ3n) is 7.61. The van der Waals surface area contributed by atoms with Crippen molar-refractivity contribution in [3.05, 3.63) is 147 Å². The Kier molecular flexibility index (Phi) is 28.4. The number of nitrogens with two attached hydrogens (primary N) is 2. The maximum absolute atomic E-state index is 10.6. The van der Waals surface area contributed by atoms with Crippen LogP contribution in [0, 0.1) is 67.7 Å². The van der Waals surface area contributed by atoms with Crippen LogP contribution in [0.1, 0.15) is 63.3 Å². The number of nitrogens with one attached hydrogen (secondary N) is 2. The second-order valence-electron chi connectivity index (χ2n) is 13.2. The van der Waals surface area contributed by atoms with Gasteiger partial charge in [-0.2, -0.15) is 8.42 Å². The van der Waals surface area contributed by atoms with E-state index in [1.54, 1.807) is 30.8 Å². The lowest BCUT2D eigenvalue weighted by Gasteiger charge is -2.10. The number of methoxy groups -OCH3 is 1. The average Bonchev–Trinajstić information content (AvgIpc) is 3.61. The molecule has 0 amide bonds. The number of esters is 1. The number of aryl methyl sites for hydroxylation is 9. The molecular weight excluding hydrogens is 894 g/mol. The van der Waals surface area contributed by atoms with Gasteiger partial charge in [0.15, 0.2) is 11.5 Å². The van der Waals surface area contributed by atoms with Crippen LogP contribution in [0.25, 0.3) is 5.65 Å². The second-order valence-corrected chi connectivity index (χ2v) is 15.3. The van der Waals surface area contributed by atoms with Gasteiger partial charge in [0.1, 0.15) is 17.2 Å². The van der Waals surface area contributed by atoms with Gasteiger partial charge in [0.25, 0.3) is 0 Å². The highest BCUT2D eigenvalue weighted by atomic mass is 35.5. The third-order valence-corrected chi connectivity index (χ3v) is 8.53. The van der Waals surface area contributed by atoms with E-state index >= 15 is 0 Å². The molecule has 0 aliphatic rings. The molecule has 0 saturated carbocycles. The summed E-state index contributed by atoms with van der Waals surface area (Å²) in [6.45, 7) is 17.7. The summed E-state index contributed by atoms with van der Waals surface area (Å²) in [5, 5.41) is 11.4. The highest BCUT2D eigenvalue weighted by Crippen LogP contribution is 2.22. The standard InChI is InChI=1S/C9H13NO3S.C9H12.C8H8ClN3.C6H9N3.C6H8N2.C3H5ClO2.CH4.O3S/c1-6-4-7(2)9(8(3)5-6)10-14(11,12)13;1-7-4-8(2)6-9(3)5-7;1-6-3-2-4-12-8(6)10-7(5-9)11-12;1-5-3-2-4-9(8)6(5)7;1-5-3-2-4-8-6(5)7;1-6-3(5)2-4;;1-4(2)3/h4-5,10H,1-3H3,(H,11,12,13);4-6H,1-3H3;2-4H,5H2,1H3;2-4,7H,8H2,1H3;2-4H,1H3,(H2,7,8);2H2,1H3;1H4;. The summed E-state index contributed by atoms with van der Waals surface area (Å²) in [5.41, 5.74) is 16.8. The first-order valence-corrected chi connectivity index (χ1v) is 21.7. The maximum atomic E-state index is 10.6. The summed E-state index contributed by atoms with van der Waals surface area (Å²) in [7, 11) is -6.00. The molecule has 63 heavy (non-hydrogen) atoms. The van der Waals surface area contributed by atoms with E-state index in [1.165, 1.54) is 28.5 Å². The number of pyridine rings is 3. The molecule has 0 unspecified atom stereocenters. The number of alkyl halides is 2. The summed E-state index contributed by atoms with van der Waals surface area (Å²) >= 11 is 10.6. The molecule has 4 heterocycles. The Balaban J connectivity index is 0. The number of nitrogens with zero attached hydrogens (tertiary/aromatic N) is 5. The van der Waals surface area contributed by atoms with Crippen LogP contribution in [0.3, 0.4) is 0 Å². The average molecular weight is 953 g/mol. The minimum Gasteiger partial charge on any atom is -0.468 e. The number of rotatable bonds is 4. The fourth-order valence-electron chi connectivity index (χ4n) is 5.00. The van der Waals surface area contributed by atoms with Crippen molar-refractivity contribution in [2.24, 2.45) is 0 Å². The predicted molar refractivity (Wildman–Crippen MR) is 251 cm³/mol. The van der Waals surface area contributed by atoms with Gasteiger partial charge in [-0.15, -0.1) is 40.9 Å². The molecule has 21 heteroatoms. The highest BCUT2D eigenvalue weighted by molar-refractivity contribution is 7.87. The Morgan fingerprint density at radius 2 is 1.27 bits per heavy atom. The van der Waals surface area contributed by atoms with E-state index in [1.807, 2.05) is 82.4 Å². The topological polar surface area (TPSA) is 268 Å². The molecule has 0 saturated heterocycles. The zero-order valence-corrected chi connectivity index (χ0v) is 39.4. The summed E-state index contributed by atoms with van der Waals surface area (Å²) in [6.07, 6.45) is 5.20. The second kappa shape index (κ2) is 30.2. The summed E-state index contributed by atoms with van der Waals surface area (Å²) in [4.78, 5) is 17.9. The number of carbonyl (C=O) groups is 1. The molecule has 0 spiro atoms. The molecule has 2 aromatic carbocycles. The molecule has 0 fully saturated rings. The van der Waals surface area contributed by atoms with Crippen molar-refractivity contribution in [3.8, 4) is 0 Å². The van der Waals surface area contributed by atoms with Gasteiger partial charge in [-0.05, 0) is 108 Å². The molecule has 0 bridgehead atoms. The zero-order valence-electron chi connectivity index (χ0n) is 36.3. The van der Waals surface area contributed by atoms with Crippen LogP contribution in [0.5, 0.6) is 0 Å². The lowest BCUT2D eigenvalue weighted by molar-refractivity contribution is -0.137. The monoisotopic (exact) mass is 951 g/mol. The Hall–Kier alpha value is -5.86. The van der Waals surface area contributed by atoms with Gasteiger partial charge in [0.05, 0.1) is 18.7 Å². The summed E-state index contributed by atoms with van der Waals surface area (Å²) < 4.78 is 64.5. The van der Waals surface area contributed by atoms with Crippen molar-refractivity contribution in [3.63, 3.8) is 0 Å². The first-order valence-electron chi connectivity index (χ1n) is 18.1. The van der Waals surface area contributed by atoms with Crippen molar-refractivity contribution in [2.75, 3.05) is 29.3 Å². The summed E-state index contributed by atoms with van der Waals surface area (Å²) in [5.74, 6) is 6.55. The number of hydrogen-bond donors (Lipinski definition) is 5. The number of ether oxygens (including phenoxy) is 1. The Morgan fingerprint density at radius 3 is 1.62 bits per heavy atom. The quantitative estimate of drug-likeness (QED) is 0.0507. The first-order chi connectivity index (χ1) is 28.8. The SMILES string of the molecule is C.COC(=O)CCl.Cc1cc(C)c(NS(=O)(=O)O)c(C)c1.Cc1cc(C)cc(C)c1.Cc1cccn(N)c1=N.Cc1cccn2nc(CCl)nc12.Cc1cccnc1N.O=S(=O)=O. The molecule has 346 valence electrons. The number of benzene rings is 2. The molecule has 6 aromatic rings. The molecule has 0 aliphatic carbocycles. The molecule has 0 radical (unpaired) electrons. The molecule has 0 aliphatic heterocycles. The molecular formula is C42H59Cl2N9O8S2. The molecule has 0 atom stereocenters. The van der Waals surface area contributed by atoms with E-state index in [0.717, 1.165) is 39.0 Å². The van der Waals surface area contributed by atoms with Gasteiger partial charge in [-0.25, -0.2) is 14.5 Å². The Bertz CT molecular complexity index is 2510. The van der Waals surface area contributed by atoms with Crippen molar-refractivity contribution < 1.29 is 35.1 Å². The van der Waals surface area contributed by atoms with Crippen molar-refractivity contribution in [1.82, 2.24) is 24.3 Å². The number of nitrogen functional groups attached to an aromatic ring is 2. The van der Waals surface area contributed by atoms with Crippen molar-refractivity contribution in [1.29, 1.82) is 5.41 Å². The minimum atomic E-state index is -4.19. The minimum absolute atomic E-state index is 0. The van der Waals surface area contributed by atoms with Crippen LogP contribution >= 0.6 is 23.2 Å². The number of hydrogen-bond acceptors (Lipinski definition) is 13. The lowest BCUT2D eigenvalue weighted by Crippen LogP contribution is -2.27. The van der Waals surface area contributed by atoms with E-state index in [9.17, 15) is 13.2 Å². The highest BCUT2D eigenvalue weighted by Gasteiger charge is 2.09. The smallest absolute Gasteiger partial charge is 0.425 e. The van der Waals surface area contributed by atoms with Crippen LogP contribution in [0.15, 0.2) is 85.3 Å². The fraction of sp³-hybridized carbons (Fsp3) is 0.310. The third kappa shape index (κ3) is 25.6. The van der Waals surface area contributed by atoms with Gasteiger partial charge in [-0.3, -0.25) is 24.2 Å². The van der Waals surface area contributed by atoms with Gasteiger partial charge < -0.3 is 16.3 Å². The van der Waals surface area contributed by atoms with Crippen molar-refractivity contribution >= 4 is 67.2 Å². The van der Waals surface area contributed by atoms with Crippen LogP contribution in [0.4, 0.5) is 11.5 Å². The van der Waals surface area contributed by atoms with E-state index in [4.69, 9.17) is 57.4 Å². The number of carbonyl (C=O) groups excluding carboxylic acids is 1. The normalized spacial score (nSPS) is 9.60. The molecule has 7 N–H and O–H groups in total. The van der Waals surface area contributed by atoms with E-state index in [2.05, 4.69) is 63.5 Å². The van der Waals surface area contributed by atoms with Crippen LogP contribution in [0.2, 0.25) is 0 Å². The Morgan fingerprint density at radius 1 is 0.810 bits per heavy atom. The van der Waals surface area contributed by atoms with Gasteiger partial charge in [0, 0.05) is 18.6 Å². The van der Waals surface area contributed by atoms with E-state index in [0.29, 0.717) is 28.7 Å². The first kappa shape index (κ1) is 59.2. The number of aromatic nitrogens is 5. The van der Waals surface area contributed by atoms with Gasteiger partial charge in [-0.1, -0.05) is 78.2 Å². The zero-order chi connectivity index (χ0) is 47.7. The van der Waals surface area contributed by atoms with Crippen LogP contribution in [-0.2, 0) is 36.3 Å². The molecule has 17 nitrogen and oxygen atoms in total. The largest absolute Gasteiger partial charge is 0.468 e. The summed E-state index contributed by atoms with van der Waals surface area (Å²) in [6, 6.07) is 21.7. The number of halogens is 2. The maximum Gasteiger partial charge on any atom is 0.425 e. The molecule has 4 aromatic heterocycles. The van der Waals surface area contributed by atoms with Crippen LogP contribution < -0.4 is 21.8 Å². The van der Waals surface area contributed by atoms with Gasteiger partial charge >= 0.3 is 26.9 Å². The molecule has 6 rings (SSSR count). The predicted octanol–water partition coefficient (Wildman–Crippen LogP) is 7.21. The van der Waals surface area contributed by atoms with E-state index < -0.39 is 26.9 Å². The van der Waals surface area contributed by atoms with Gasteiger partial charge in [0.2, 0.25) is 0 Å². The number of fused-ring (bicyclic) bond motifs is 1. The van der Waals surface area contributed by atoms with Crippen molar-refractivity contribution in [2.45, 2.75) is 75.6 Å². The number of anilines is 2. The fourth-order valence-corrected chi connectivity index (χ4v) is 5.80. The lowest BCUT2D eigenvalue weighted by atomic mass is 10.1. The van der Waals surface area contributed by atoms with E-state index in [-0.39, 0.29) is 13.3 Å². The van der Waals surface area contributed by atoms with Crippen LogP contribution in [-0.4, -0.2) is 68.8 Å². The Labute approximate surface area is 381 Å².